The minimum absolute atomic E-state index is 0.0869. The number of nitrogens with one attached hydrogen (secondary N) is 3. The van der Waals surface area contributed by atoms with Crippen molar-refractivity contribution in [1.29, 1.82) is 0 Å². The standard InChI is InChI=1S/C16H21N3O6S/c1-23-9-10-25-14(21)8-7-13(20)17-16(26)19-18-15(22)11-3-5-12(24-2)6-4-11/h3-6H,7-10H2,1-2H3,(H,18,22)(H2,17,19,20,26). The van der Waals surface area contributed by atoms with Crippen molar-refractivity contribution in [3.8, 4) is 5.75 Å². The third-order valence-corrected chi connectivity index (χ3v) is 3.21. The Bertz CT molecular complexity index is 635. The number of esters is 1. The first-order valence-electron chi connectivity index (χ1n) is 7.65. The number of hydrogen-bond acceptors (Lipinski definition) is 7. The lowest BCUT2D eigenvalue weighted by Crippen LogP contribution is -2.48. The molecule has 26 heavy (non-hydrogen) atoms. The molecular weight excluding hydrogens is 362 g/mol. The zero-order chi connectivity index (χ0) is 19.4. The first kappa shape index (κ1) is 21.3. The predicted octanol–water partition coefficient (Wildman–Crippen LogP) is 0.301. The molecule has 0 saturated carbocycles. The topological polar surface area (TPSA) is 115 Å². The second-order valence-corrected chi connectivity index (χ2v) is 5.31. The van der Waals surface area contributed by atoms with Gasteiger partial charge in [0.2, 0.25) is 5.91 Å². The number of ether oxygens (including phenoxy) is 3. The Morgan fingerprint density at radius 1 is 1.00 bits per heavy atom. The van der Waals surface area contributed by atoms with Gasteiger partial charge in [0, 0.05) is 19.1 Å². The van der Waals surface area contributed by atoms with E-state index in [1.165, 1.54) is 14.2 Å². The van der Waals surface area contributed by atoms with Crippen molar-refractivity contribution < 1.29 is 28.6 Å². The Balaban J connectivity index is 2.27. The number of hydrazine groups is 1. The second kappa shape index (κ2) is 11.8. The molecular formula is C16H21N3O6S. The fourth-order valence-corrected chi connectivity index (χ4v) is 1.84. The van der Waals surface area contributed by atoms with Gasteiger partial charge in [-0.25, -0.2) is 0 Å². The molecule has 0 fully saturated rings. The highest BCUT2D eigenvalue weighted by atomic mass is 32.1. The fraction of sp³-hybridized carbons (Fsp3) is 0.375. The van der Waals surface area contributed by atoms with Crippen molar-refractivity contribution in [1.82, 2.24) is 16.2 Å². The van der Waals surface area contributed by atoms with Crippen LogP contribution in [0.3, 0.4) is 0 Å². The highest BCUT2D eigenvalue weighted by molar-refractivity contribution is 7.80. The molecule has 3 N–H and O–H groups in total. The molecule has 142 valence electrons. The van der Waals surface area contributed by atoms with Crippen LogP contribution in [0.5, 0.6) is 5.75 Å². The van der Waals surface area contributed by atoms with Gasteiger partial charge in [-0.1, -0.05) is 0 Å². The number of thiocarbonyl (C=S) groups is 1. The number of methoxy groups -OCH3 is 2. The smallest absolute Gasteiger partial charge is 0.306 e. The van der Waals surface area contributed by atoms with Gasteiger partial charge in [-0.2, -0.15) is 0 Å². The van der Waals surface area contributed by atoms with Gasteiger partial charge in [-0.15, -0.1) is 0 Å². The number of amides is 2. The fourth-order valence-electron chi connectivity index (χ4n) is 1.68. The van der Waals surface area contributed by atoms with E-state index < -0.39 is 17.8 Å². The average Bonchev–Trinajstić information content (AvgIpc) is 2.64. The van der Waals surface area contributed by atoms with E-state index in [2.05, 4.69) is 16.2 Å². The zero-order valence-corrected chi connectivity index (χ0v) is 15.3. The number of hydrogen-bond donors (Lipinski definition) is 3. The van der Waals surface area contributed by atoms with Gasteiger partial charge >= 0.3 is 5.97 Å². The van der Waals surface area contributed by atoms with Gasteiger partial charge < -0.3 is 19.5 Å². The molecule has 0 heterocycles. The molecule has 0 spiro atoms. The minimum Gasteiger partial charge on any atom is -0.497 e. The number of benzene rings is 1. The molecule has 1 aromatic carbocycles. The van der Waals surface area contributed by atoms with Crippen LogP contribution in [0, 0.1) is 0 Å². The summed E-state index contributed by atoms with van der Waals surface area (Å²) in [5.41, 5.74) is 5.14. The van der Waals surface area contributed by atoms with E-state index >= 15 is 0 Å². The van der Waals surface area contributed by atoms with Crippen molar-refractivity contribution in [2.24, 2.45) is 0 Å². The summed E-state index contributed by atoms with van der Waals surface area (Å²) in [5, 5.41) is 2.25. The average molecular weight is 383 g/mol. The van der Waals surface area contributed by atoms with Crippen LogP contribution < -0.4 is 20.9 Å². The van der Waals surface area contributed by atoms with Crippen LogP contribution in [0.2, 0.25) is 0 Å². The molecule has 0 aliphatic rings. The molecule has 0 radical (unpaired) electrons. The molecule has 0 aliphatic heterocycles. The Labute approximate surface area is 156 Å². The van der Waals surface area contributed by atoms with Gasteiger partial charge in [0.1, 0.15) is 12.4 Å². The summed E-state index contributed by atoms with van der Waals surface area (Å²) in [6, 6.07) is 6.43. The molecule has 1 rings (SSSR count). The van der Waals surface area contributed by atoms with Gasteiger partial charge in [0.25, 0.3) is 5.91 Å². The number of carbonyl (C=O) groups is 3. The highest BCUT2D eigenvalue weighted by Gasteiger charge is 2.10. The van der Waals surface area contributed by atoms with Crippen LogP contribution in [0.15, 0.2) is 24.3 Å². The molecule has 0 aliphatic carbocycles. The molecule has 0 saturated heterocycles. The highest BCUT2D eigenvalue weighted by Crippen LogP contribution is 2.10. The maximum atomic E-state index is 11.9. The van der Waals surface area contributed by atoms with Gasteiger partial charge in [0.05, 0.1) is 20.1 Å². The quantitative estimate of drug-likeness (QED) is 0.254. The van der Waals surface area contributed by atoms with Crippen molar-refractivity contribution in [3.05, 3.63) is 29.8 Å². The number of carbonyl (C=O) groups excluding carboxylic acids is 3. The summed E-state index contributed by atoms with van der Waals surface area (Å²) < 4.78 is 14.6. The molecule has 0 atom stereocenters. The Morgan fingerprint density at radius 2 is 1.69 bits per heavy atom. The molecule has 10 heteroatoms. The summed E-state index contributed by atoms with van der Waals surface area (Å²) >= 11 is 4.89. The van der Waals surface area contributed by atoms with Gasteiger partial charge in [-0.3, -0.25) is 25.2 Å². The van der Waals surface area contributed by atoms with Crippen LogP contribution in [0.4, 0.5) is 0 Å². The van der Waals surface area contributed by atoms with E-state index in [4.69, 9.17) is 26.4 Å². The summed E-state index contributed by atoms with van der Waals surface area (Å²) in [7, 11) is 3.01. The van der Waals surface area contributed by atoms with E-state index in [1.807, 2.05) is 0 Å². The molecule has 2 amide bonds. The summed E-state index contributed by atoms with van der Waals surface area (Å²) in [4.78, 5) is 34.9. The van der Waals surface area contributed by atoms with Crippen molar-refractivity contribution in [2.75, 3.05) is 27.4 Å². The monoisotopic (exact) mass is 383 g/mol. The van der Waals surface area contributed by atoms with E-state index in [0.717, 1.165) is 0 Å². The molecule has 9 nitrogen and oxygen atoms in total. The largest absolute Gasteiger partial charge is 0.497 e. The van der Waals surface area contributed by atoms with Crippen LogP contribution in [-0.4, -0.2) is 50.3 Å². The molecule has 0 aromatic heterocycles. The number of rotatable bonds is 8. The first-order valence-corrected chi connectivity index (χ1v) is 8.06. The lowest BCUT2D eigenvalue weighted by Gasteiger charge is -2.11. The summed E-state index contributed by atoms with van der Waals surface area (Å²) in [5.74, 6) is -0.808. The molecule has 1 aromatic rings. The Kier molecular flexibility index (Phi) is 9.65. The maximum Gasteiger partial charge on any atom is 0.306 e. The summed E-state index contributed by atoms with van der Waals surface area (Å²) in [6.45, 7) is 0.425. The van der Waals surface area contributed by atoms with Crippen LogP contribution in [0.1, 0.15) is 23.2 Å². The normalized spacial score (nSPS) is 9.77. The van der Waals surface area contributed by atoms with Crippen LogP contribution >= 0.6 is 12.2 Å². The lowest BCUT2D eigenvalue weighted by atomic mass is 10.2. The van der Waals surface area contributed by atoms with Gasteiger partial charge in [0.15, 0.2) is 5.11 Å². The SMILES string of the molecule is COCCOC(=O)CCC(=O)NC(=S)NNC(=O)c1ccc(OC)cc1. The van der Waals surface area contributed by atoms with Gasteiger partial charge in [-0.05, 0) is 36.5 Å². The Morgan fingerprint density at radius 3 is 2.31 bits per heavy atom. The predicted molar refractivity (Wildman–Crippen MR) is 96.4 cm³/mol. The van der Waals surface area contributed by atoms with E-state index in [-0.39, 0.29) is 24.6 Å². The zero-order valence-electron chi connectivity index (χ0n) is 14.5. The van der Waals surface area contributed by atoms with Crippen LogP contribution in [-0.2, 0) is 19.1 Å². The van der Waals surface area contributed by atoms with Crippen molar-refractivity contribution >= 4 is 35.1 Å². The van der Waals surface area contributed by atoms with E-state index in [1.54, 1.807) is 24.3 Å². The van der Waals surface area contributed by atoms with E-state index in [0.29, 0.717) is 17.9 Å². The van der Waals surface area contributed by atoms with Crippen molar-refractivity contribution in [3.63, 3.8) is 0 Å². The molecule has 0 unspecified atom stereocenters. The van der Waals surface area contributed by atoms with Crippen LogP contribution in [0.25, 0.3) is 0 Å². The summed E-state index contributed by atoms with van der Waals surface area (Å²) in [6.07, 6.45) is -0.184. The third-order valence-electron chi connectivity index (χ3n) is 3.00. The van der Waals surface area contributed by atoms with Crippen molar-refractivity contribution in [2.45, 2.75) is 12.8 Å². The minimum atomic E-state index is -0.510. The molecule has 0 bridgehead atoms. The lowest BCUT2D eigenvalue weighted by molar-refractivity contribution is -0.146. The van der Waals surface area contributed by atoms with E-state index in [9.17, 15) is 14.4 Å². The maximum absolute atomic E-state index is 11.9. The Hall–Kier alpha value is -2.72. The first-order chi connectivity index (χ1) is 12.5. The second-order valence-electron chi connectivity index (χ2n) is 4.90. The third kappa shape index (κ3) is 8.40.